The second-order valence-electron chi connectivity index (χ2n) is 7.46. The first-order valence-electron chi connectivity index (χ1n) is 10.4. The van der Waals surface area contributed by atoms with Gasteiger partial charge in [-0.05, 0) is 77.3 Å². The van der Waals surface area contributed by atoms with Crippen molar-refractivity contribution in [2.24, 2.45) is 0 Å². The highest BCUT2D eigenvalue weighted by atomic mass is 79.9. The Morgan fingerprint density at radius 3 is 2.79 bits per heavy atom. The van der Waals surface area contributed by atoms with E-state index >= 15 is 0 Å². The van der Waals surface area contributed by atoms with Gasteiger partial charge in [0.15, 0.2) is 11.5 Å². The summed E-state index contributed by atoms with van der Waals surface area (Å²) < 4.78 is 26.1. The normalized spacial score (nSPS) is 11.4. The van der Waals surface area contributed by atoms with Crippen LogP contribution in [-0.2, 0) is 6.61 Å². The van der Waals surface area contributed by atoms with E-state index in [1.165, 1.54) is 12.1 Å². The van der Waals surface area contributed by atoms with Crippen LogP contribution >= 0.6 is 15.9 Å². The van der Waals surface area contributed by atoms with E-state index in [1.807, 2.05) is 44.2 Å². The summed E-state index contributed by atoms with van der Waals surface area (Å²) in [5, 5.41) is 9.73. The third kappa shape index (κ3) is 5.24. The zero-order valence-electron chi connectivity index (χ0n) is 18.2. The highest BCUT2D eigenvalue weighted by Crippen LogP contribution is 2.38. The van der Waals surface area contributed by atoms with E-state index in [2.05, 4.69) is 38.0 Å². The van der Waals surface area contributed by atoms with E-state index in [0.717, 1.165) is 16.7 Å². The number of aromatic amines is 1. The fourth-order valence-corrected chi connectivity index (χ4v) is 4.04. The van der Waals surface area contributed by atoms with Crippen molar-refractivity contribution in [2.45, 2.75) is 20.5 Å². The Morgan fingerprint density at radius 1 is 1.18 bits per heavy atom. The van der Waals surface area contributed by atoms with E-state index in [0.29, 0.717) is 51.6 Å². The van der Waals surface area contributed by atoms with Gasteiger partial charge in [-0.3, -0.25) is 0 Å². The number of aryl methyl sites for hydroxylation is 1. The summed E-state index contributed by atoms with van der Waals surface area (Å²) >= 11 is 3.58. The minimum Gasteiger partial charge on any atom is -0.490 e. The first kappa shape index (κ1) is 22.6. The molecule has 0 aliphatic heterocycles. The van der Waals surface area contributed by atoms with Crippen molar-refractivity contribution < 1.29 is 13.9 Å². The predicted molar refractivity (Wildman–Crippen MR) is 130 cm³/mol. The summed E-state index contributed by atoms with van der Waals surface area (Å²) in [4.78, 5) is 7.42. The number of fused-ring (bicyclic) bond motifs is 1. The minimum atomic E-state index is -0.369. The maximum absolute atomic E-state index is 13.5. The van der Waals surface area contributed by atoms with Crippen LogP contribution in [0, 0.1) is 24.1 Å². The predicted octanol–water partition coefficient (Wildman–Crippen LogP) is 6.81. The third-order valence-electron chi connectivity index (χ3n) is 4.93. The number of H-pyrrole nitrogens is 1. The highest BCUT2D eigenvalue weighted by Gasteiger charge is 2.14. The van der Waals surface area contributed by atoms with Gasteiger partial charge >= 0.3 is 0 Å². The van der Waals surface area contributed by atoms with Crippen LogP contribution in [0.5, 0.6) is 11.5 Å². The second kappa shape index (κ2) is 9.88. The number of hydrogen-bond donors (Lipinski definition) is 1. The van der Waals surface area contributed by atoms with Gasteiger partial charge in [-0.2, -0.15) is 5.26 Å². The van der Waals surface area contributed by atoms with Crippen LogP contribution in [0.1, 0.15) is 29.4 Å². The standard InChI is InChI=1S/C26H21BrFN3O2/c1-3-32-24-12-18(11-21(27)25(24)33-15-17-6-4-5-16(2)9-17)10-19(14-29)26-30-22-8-7-20(28)13-23(22)31-26/h4-13H,3,15H2,1-2H3,(H,30,31)/b19-10-. The molecule has 0 bridgehead atoms. The lowest BCUT2D eigenvalue weighted by Crippen LogP contribution is -2.01. The molecule has 166 valence electrons. The van der Waals surface area contributed by atoms with Crippen LogP contribution in [0.2, 0.25) is 0 Å². The largest absolute Gasteiger partial charge is 0.490 e. The van der Waals surface area contributed by atoms with Gasteiger partial charge in [0.25, 0.3) is 0 Å². The van der Waals surface area contributed by atoms with Gasteiger partial charge in [-0.1, -0.05) is 29.8 Å². The van der Waals surface area contributed by atoms with Crippen molar-refractivity contribution in [3.05, 3.63) is 87.4 Å². The van der Waals surface area contributed by atoms with Gasteiger partial charge < -0.3 is 14.5 Å². The molecule has 0 saturated heterocycles. The molecular weight excluding hydrogens is 485 g/mol. The number of nitrogens with one attached hydrogen (secondary N) is 1. The second-order valence-corrected chi connectivity index (χ2v) is 8.31. The van der Waals surface area contributed by atoms with Crippen LogP contribution < -0.4 is 9.47 Å². The summed E-state index contributed by atoms with van der Waals surface area (Å²) in [6.45, 7) is 4.79. The molecule has 5 nitrogen and oxygen atoms in total. The van der Waals surface area contributed by atoms with Gasteiger partial charge in [0, 0.05) is 0 Å². The molecule has 1 aromatic heterocycles. The van der Waals surface area contributed by atoms with Crippen molar-refractivity contribution >= 4 is 38.6 Å². The Labute approximate surface area is 199 Å². The smallest absolute Gasteiger partial charge is 0.175 e. The number of hydrogen-bond acceptors (Lipinski definition) is 4. The zero-order chi connectivity index (χ0) is 23.4. The molecule has 1 N–H and O–H groups in total. The summed E-state index contributed by atoms with van der Waals surface area (Å²) in [7, 11) is 0. The topological polar surface area (TPSA) is 70.9 Å². The number of imidazole rings is 1. The van der Waals surface area contributed by atoms with Gasteiger partial charge in [0.1, 0.15) is 24.3 Å². The average molecular weight is 506 g/mol. The number of allylic oxidation sites excluding steroid dienone is 1. The molecule has 0 unspecified atom stereocenters. The van der Waals surface area contributed by atoms with E-state index in [1.54, 1.807) is 12.1 Å². The fourth-order valence-electron chi connectivity index (χ4n) is 3.46. The lowest BCUT2D eigenvalue weighted by atomic mass is 10.1. The lowest BCUT2D eigenvalue weighted by molar-refractivity contribution is 0.267. The van der Waals surface area contributed by atoms with Crippen molar-refractivity contribution in [3.63, 3.8) is 0 Å². The number of benzene rings is 3. The molecule has 7 heteroatoms. The molecule has 0 spiro atoms. The molecular formula is C26H21BrFN3O2. The molecule has 0 amide bonds. The third-order valence-corrected chi connectivity index (χ3v) is 5.52. The molecule has 0 atom stereocenters. The Bertz CT molecular complexity index is 1390. The molecule has 0 fully saturated rings. The van der Waals surface area contributed by atoms with Crippen LogP contribution in [0.15, 0.2) is 59.1 Å². The summed E-state index contributed by atoms with van der Waals surface area (Å²) in [5.41, 5.74) is 4.39. The average Bonchev–Trinajstić information content (AvgIpc) is 3.20. The molecule has 3 aromatic carbocycles. The van der Waals surface area contributed by atoms with Crippen LogP contribution in [0.25, 0.3) is 22.7 Å². The zero-order valence-corrected chi connectivity index (χ0v) is 19.7. The number of aromatic nitrogens is 2. The van der Waals surface area contributed by atoms with Crippen LogP contribution in [0.3, 0.4) is 0 Å². The first-order chi connectivity index (χ1) is 16.0. The minimum absolute atomic E-state index is 0.314. The van der Waals surface area contributed by atoms with Crippen molar-refractivity contribution in [3.8, 4) is 17.6 Å². The number of rotatable bonds is 7. The summed E-state index contributed by atoms with van der Waals surface area (Å²) in [5.74, 6) is 1.15. The molecule has 0 radical (unpaired) electrons. The monoisotopic (exact) mass is 505 g/mol. The van der Waals surface area contributed by atoms with Crippen LogP contribution in [0.4, 0.5) is 4.39 Å². The van der Waals surface area contributed by atoms with Crippen molar-refractivity contribution in [2.75, 3.05) is 6.61 Å². The first-order valence-corrected chi connectivity index (χ1v) is 11.2. The van der Waals surface area contributed by atoms with Gasteiger partial charge in [-0.25, -0.2) is 9.37 Å². The number of halogens is 2. The van der Waals surface area contributed by atoms with E-state index in [4.69, 9.17) is 9.47 Å². The molecule has 0 aliphatic rings. The van der Waals surface area contributed by atoms with Crippen molar-refractivity contribution in [1.82, 2.24) is 9.97 Å². The highest BCUT2D eigenvalue weighted by molar-refractivity contribution is 9.10. The van der Waals surface area contributed by atoms with Gasteiger partial charge in [0.2, 0.25) is 0 Å². The molecule has 1 heterocycles. The number of nitriles is 1. The molecule has 0 aliphatic carbocycles. The Morgan fingerprint density at radius 2 is 2.03 bits per heavy atom. The molecule has 0 saturated carbocycles. The molecule has 33 heavy (non-hydrogen) atoms. The Kier molecular flexibility index (Phi) is 6.76. The summed E-state index contributed by atoms with van der Waals surface area (Å²) in [6.07, 6.45) is 1.70. The lowest BCUT2D eigenvalue weighted by Gasteiger charge is -2.15. The molecule has 4 rings (SSSR count). The maximum atomic E-state index is 13.5. The fraction of sp³-hybridized carbons (Fsp3) is 0.154. The van der Waals surface area contributed by atoms with Gasteiger partial charge in [-0.15, -0.1) is 0 Å². The summed E-state index contributed by atoms with van der Waals surface area (Å²) in [6, 6.07) is 18.2. The number of ether oxygens (including phenoxy) is 2. The maximum Gasteiger partial charge on any atom is 0.175 e. The molecule has 4 aromatic rings. The quantitative estimate of drug-likeness (QED) is 0.280. The van der Waals surface area contributed by atoms with Gasteiger partial charge in [0.05, 0.1) is 27.7 Å². The SMILES string of the molecule is CCOc1cc(/C=C(/C#N)c2nc3ccc(F)cc3[nH]2)cc(Br)c1OCc1cccc(C)c1. The van der Waals surface area contributed by atoms with Crippen LogP contribution in [-0.4, -0.2) is 16.6 Å². The van der Waals surface area contributed by atoms with E-state index < -0.39 is 0 Å². The number of nitrogens with zero attached hydrogens (tertiary/aromatic N) is 2. The van der Waals surface area contributed by atoms with E-state index in [-0.39, 0.29) is 5.82 Å². The Balaban J connectivity index is 1.66. The van der Waals surface area contributed by atoms with Crippen molar-refractivity contribution in [1.29, 1.82) is 5.26 Å². The van der Waals surface area contributed by atoms with E-state index in [9.17, 15) is 9.65 Å². The Hall–Kier alpha value is -3.63.